The molecule has 0 radical (unpaired) electrons. The maximum Gasteiger partial charge on any atom is 0.258 e. The molecule has 1 aliphatic heterocycles. The van der Waals surface area contributed by atoms with Crippen LogP contribution in [0.3, 0.4) is 0 Å². The molecule has 7 nitrogen and oxygen atoms in total. The van der Waals surface area contributed by atoms with Gasteiger partial charge in [0.2, 0.25) is 5.88 Å². The van der Waals surface area contributed by atoms with Crippen molar-refractivity contribution < 1.29 is 10.2 Å². The highest BCUT2D eigenvalue weighted by Crippen LogP contribution is 2.27. The molecule has 0 aliphatic carbocycles. The number of nitrogens with one attached hydrogen (secondary N) is 1. The predicted molar refractivity (Wildman–Crippen MR) is 135 cm³/mol. The number of H-pyrrole nitrogens is 1. The molecule has 0 amide bonds. The number of nitrogens with zero attached hydrogens (tertiary/aromatic N) is 3. The van der Waals surface area contributed by atoms with E-state index in [0.29, 0.717) is 22.8 Å². The first kappa shape index (κ1) is 22.8. The van der Waals surface area contributed by atoms with Gasteiger partial charge in [0, 0.05) is 55.5 Å². The van der Waals surface area contributed by atoms with Crippen LogP contribution in [0.5, 0.6) is 5.88 Å². The quantitative estimate of drug-likeness (QED) is 0.382. The summed E-state index contributed by atoms with van der Waals surface area (Å²) < 4.78 is 0. The first-order valence-electron chi connectivity index (χ1n) is 11.3. The van der Waals surface area contributed by atoms with E-state index in [1.165, 1.54) is 5.69 Å². The lowest BCUT2D eigenvalue weighted by Crippen LogP contribution is -2.44. The standard InChI is InChI=1S/C26H30N4O3/c1-29-13-15-30(16-14-29)21-11-9-20(10-12-21)27-18-23-24-19(6-3-2-4-17-31)7-5-8-22(24)25(32)28-26(23)33/h3,5-12,18,31H,2,4,13-17H2,1H3,(H2,28,32,33). The second kappa shape index (κ2) is 10.5. The van der Waals surface area contributed by atoms with Crippen LogP contribution in [0.1, 0.15) is 24.0 Å². The van der Waals surface area contributed by atoms with Crippen molar-refractivity contribution in [2.24, 2.45) is 4.99 Å². The van der Waals surface area contributed by atoms with Gasteiger partial charge >= 0.3 is 0 Å². The largest absolute Gasteiger partial charge is 0.494 e. The van der Waals surface area contributed by atoms with E-state index in [-0.39, 0.29) is 18.0 Å². The molecule has 2 heterocycles. The molecule has 1 aliphatic rings. The fraction of sp³-hybridized carbons (Fsp3) is 0.308. The van der Waals surface area contributed by atoms with Crippen LogP contribution in [-0.4, -0.2) is 66.1 Å². The van der Waals surface area contributed by atoms with Gasteiger partial charge in [-0.2, -0.15) is 0 Å². The predicted octanol–water partition coefficient (Wildman–Crippen LogP) is 3.52. The number of hydrogen-bond acceptors (Lipinski definition) is 6. The van der Waals surface area contributed by atoms with Crippen molar-refractivity contribution in [3.05, 3.63) is 70.0 Å². The number of anilines is 1. The Balaban J connectivity index is 1.64. The molecule has 2 aromatic carbocycles. The lowest BCUT2D eigenvalue weighted by molar-refractivity contribution is 0.290. The van der Waals surface area contributed by atoms with Gasteiger partial charge in [-0.05, 0) is 55.8 Å². The van der Waals surface area contributed by atoms with Gasteiger partial charge in [-0.25, -0.2) is 0 Å². The summed E-state index contributed by atoms with van der Waals surface area (Å²) in [6, 6.07) is 13.5. The Hall–Kier alpha value is -3.42. The van der Waals surface area contributed by atoms with E-state index in [1.807, 2.05) is 36.4 Å². The van der Waals surface area contributed by atoms with Gasteiger partial charge in [-0.15, -0.1) is 0 Å². The van der Waals surface area contributed by atoms with E-state index in [0.717, 1.165) is 43.9 Å². The fourth-order valence-electron chi connectivity index (χ4n) is 4.06. The number of aliphatic hydroxyl groups excluding tert-OH is 1. The third-order valence-electron chi connectivity index (χ3n) is 5.98. The molecule has 0 spiro atoms. The zero-order valence-corrected chi connectivity index (χ0v) is 18.9. The Labute approximate surface area is 193 Å². The Kier molecular flexibility index (Phi) is 7.22. The number of aliphatic imine (C=N–C) groups is 1. The first-order chi connectivity index (χ1) is 16.1. The Morgan fingerprint density at radius 1 is 1.09 bits per heavy atom. The topological polar surface area (TPSA) is 92.2 Å². The van der Waals surface area contributed by atoms with Crippen molar-refractivity contribution in [2.75, 3.05) is 44.7 Å². The summed E-state index contributed by atoms with van der Waals surface area (Å²) in [5.74, 6) is -0.207. The van der Waals surface area contributed by atoms with Gasteiger partial charge in [0.1, 0.15) is 0 Å². The number of aliphatic hydroxyl groups is 1. The summed E-state index contributed by atoms with van der Waals surface area (Å²) >= 11 is 0. The highest BCUT2D eigenvalue weighted by Gasteiger charge is 2.14. The number of fused-ring (bicyclic) bond motifs is 1. The highest BCUT2D eigenvalue weighted by molar-refractivity contribution is 6.05. The Morgan fingerprint density at radius 3 is 2.58 bits per heavy atom. The average Bonchev–Trinajstić information content (AvgIpc) is 2.83. The van der Waals surface area contributed by atoms with Crippen molar-refractivity contribution >= 4 is 34.4 Å². The summed E-state index contributed by atoms with van der Waals surface area (Å²) in [6.45, 7) is 4.24. The number of aromatic amines is 1. The lowest BCUT2D eigenvalue weighted by atomic mass is 10.0. The van der Waals surface area contributed by atoms with Crippen LogP contribution in [0.25, 0.3) is 16.8 Å². The second-order valence-corrected chi connectivity index (χ2v) is 8.32. The first-order valence-corrected chi connectivity index (χ1v) is 11.3. The zero-order chi connectivity index (χ0) is 23.2. The number of hydrogen-bond donors (Lipinski definition) is 3. The molecule has 0 bridgehead atoms. The van der Waals surface area contributed by atoms with Crippen LogP contribution < -0.4 is 10.5 Å². The third kappa shape index (κ3) is 5.32. The van der Waals surface area contributed by atoms with Gasteiger partial charge in [0.15, 0.2) is 0 Å². The Bertz CT molecular complexity index is 1210. The highest BCUT2D eigenvalue weighted by atomic mass is 16.3. The number of aromatic hydroxyl groups is 1. The van der Waals surface area contributed by atoms with E-state index < -0.39 is 0 Å². The molecule has 3 aromatic rings. The van der Waals surface area contributed by atoms with Crippen molar-refractivity contribution in [1.29, 1.82) is 0 Å². The van der Waals surface area contributed by atoms with Crippen molar-refractivity contribution in [1.82, 2.24) is 9.88 Å². The monoisotopic (exact) mass is 446 g/mol. The molecule has 0 unspecified atom stereocenters. The van der Waals surface area contributed by atoms with Gasteiger partial charge in [0.25, 0.3) is 5.56 Å². The molecule has 0 atom stereocenters. The maximum atomic E-state index is 12.4. The number of pyridine rings is 1. The van der Waals surface area contributed by atoms with E-state index in [1.54, 1.807) is 12.3 Å². The van der Waals surface area contributed by atoms with Gasteiger partial charge in [-0.3, -0.25) is 14.8 Å². The van der Waals surface area contributed by atoms with Gasteiger partial charge < -0.3 is 20.0 Å². The third-order valence-corrected chi connectivity index (χ3v) is 5.98. The van der Waals surface area contributed by atoms with Crippen LogP contribution >= 0.6 is 0 Å². The maximum absolute atomic E-state index is 12.4. The molecule has 1 aromatic heterocycles. The summed E-state index contributed by atoms with van der Waals surface area (Å²) in [7, 11) is 2.14. The molecule has 0 saturated carbocycles. The van der Waals surface area contributed by atoms with E-state index in [2.05, 4.69) is 39.0 Å². The Morgan fingerprint density at radius 2 is 1.85 bits per heavy atom. The van der Waals surface area contributed by atoms with Crippen molar-refractivity contribution in [3.8, 4) is 5.88 Å². The molecular formula is C26H30N4O3. The number of benzene rings is 2. The number of likely N-dealkylation sites (N-methyl/N-ethyl adjacent to an activating group) is 1. The van der Waals surface area contributed by atoms with Gasteiger partial charge in [0.05, 0.1) is 11.3 Å². The number of aromatic nitrogens is 1. The van der Waals surface area contributed by atoms with E-state index >= 15 is 0 Å². The van der Waals surface area contributed by atoms with Crippen LogP contribution in [0, 0.1) is 0 Å². The SMILES string of the molecule is CN1CCN(c2ccc(N=Cc3c(O)[nH]c(=O)c4cccc(C=CCCCO)c34)cc2)CC1. The molecule has 3 N–H and O–H groups in total. The van der Waals surface area contributed by atoms with Gasteiger partial charge in [-0.1, -0.05) is 24.3 Å². The van der Waals surface area contributed by atoms with Crippen LogP contribution in [-0.2, 0) is 0 Å². The summed E-state index contributed by atoms with van der Waals surface area (Å²) in [6.07, 6.45) is 6.88. The molecular weight excluding hydrogens is 416 g/mol. The molecule has 33 heavy (non-hydrogen) atoms. The molecule has 172 valence electrons. The van der Waals surface area contributed by atoms with E-state index in [9.17, 15) is 9.90 Å². The number of piperazine rings is 1. The van der Waals surface area contributed by atoms with Crippen LogP contribution in [0.2, 0.25) is 0 Å². The molecule has 7 heteroatoms. The average molecular weight is 447 g/mol. The van der Waals surface area contributed by atoms with Crippen LogP contribution in [0.15, 0.2) is 58.3 Å². The minimum atomic E-state index is -0.346. The number of allylic oxidation sites excluding steroid dienone is 1. The lowest BCUT2D eigenvalue weighted by Gasteiger charge is -2.34. The van der Waals surface area contributed by atoms with E-state index in [4.69, 9.17) is 5.11 Å². The normalized spacial score (nSPS) is 15.3. The van der Waals surface area contributed by atoms with Crippen molar-refractivity contribution in [2.45, 2.75) is 12.8 Å². The second-order valence-electron chi connectivity index (χ2n) is 8.32. The number of rotatable bonds is 7. The summed E-state index contributed by atoms with van der Waals surface area (Å²) in [5.41, 5.74) is 2.88. The smallest absolute Gasteiger partial charge is 0.258 e. The fourth-order valence-corrected chi connectivity index (χ4v) is 4.06. The minimum absolute atomic E-state index is 0.131. The molecule has 1 saturated heterocycles. The van der Waals surface area contributed by atoms with Crippen molar-refractivity contribution in [3.63, 3.8) is 0 Å². The zero-order valence-electron chi connectivity index (χ0n) is 18.9. The summed E-state index contributed by atoms with van der Waals surface area (Å²) in [5, 5.41) is 20.7. The summed E-state index contributed by atoms with van der Waals surface area (Å²) in [4.78, 5) is 24.2. The number of unbranched alkanes of at least 4 members (excludes halogenated alkanes) is 1. The molecule has 4 rings (SSSR count). The van der Waals surface area contributed by atoms with Crippen LogP contribution in [0.4, 0.5) is 11.4 Å². The minimum Gasteiger partial charge on any atom is -0.494 e. The molecule has 1 fully saturated rings.